The van der Waals surface area contributed by atoms with E-state index in [2.05, 4.69) is 10.1 Å². The molecule has 2 heterocycles. The molecule has 2 aromatic rings. The zero-order valence-corrected chi connectivity index (χ0v) is 8.65. The molecule has 0 saturated heterocycles. The highest BCUT2D eigenvalue weighted by atomic mass is 35.5. The van der Waals surface area contributed by atoms with Crippen LogP contribution in [0, 0.1) is 5.82 Å². The molecule has 82 valence electrons. The molecule has 0 aliphatic heterocycles. The van der Waals surface area contributed by atoms with Crippen LogP contribution >= 0.6 is 11.6 Å². The molecule has 0 radical (unpaired) electrons. The standard InChI is InChI=1S/C9H6ClFN4O/c10-5-3-6(11)9(13-4-5)15-2-1-7(14-15)8(12)16/h1-4H,(H2,12,16). The molecular weight excluding hydrogens is 235 g/mol. The number of aromatic nitrogens is 3. The van der Waals surface area contributed by atoms with Crippen LogP contribution in [0.15, 0.2) is 24.5 Å². The second kappa shape index (κ2) is 3.90. The summed E-state index contributed by atoms with van der Waals surface area (Å²) in [5.74, 6) is -1.36. The van der Waals surface area contributed by atoms with Crippen molar-refractivity contribution in [1.82, 2.24) is 14.8 Å². The van der Waals surface area contributed by atoms with Gasteiger partial charge in [0.2, 0.25) is 0 Å². The van der Waals surface area contributed by atoms with Crippen LogP contribution in [-0.2, 0) is 0 Å². The number of hydrogen-bond acceptors (Lipinski definition) is 3. The predicted octanol–water partition coefficient (Wildman–Crippen LogP) is 1.16. The Bertz CT molecular complexity index is 554. The van der Waals surface area contributed by atoms with Gasteiger partial charge in [-0.2, -0.15) is 5.10 Å². The predicted molar refractivity (Wildman–Crippen MR) is 54.8 cm³/mol. The molecule has 16 heavy (non-hydrogen) atoms. The summed E-state index contributed by atoms with van der Waals surface area (Å²) in [6, 6.07) is 2.48. The highest BCUT2D eigenvalue weighted by Crippen LogP contribution is 2.14. The van der Waals surface area contributed by atoms with Gasteiger partial charge in [-0.1, -0.05) is 11.6 Å². The van der Waals surface area contributed by atoms with E-state index in [-0.39, 0.29) is 16.5 Å². The minimum Gasteiger partial charge on any atom is -0.364 e. The summed E-state index contributed by atoms with van der Waals surface area (Å²) >= 11 is 5.55. The summed E-state index contributed by atoms with van der Waals surface area (Å²) in [7, 11) is 0. The van der Waals surface area contributed by atoms with Crippen LogP contribution in [0.5, 0.6) is 0 Å². The SMILES string of the molecule is NC(=O)c1ccn(-c2ncc(Cl)cc2F)n1. The Hall–Kier alpha value is -1.95. The Labute approximate surface area is 94.7 Å². The number of hydrogen-bond donors (Lipinski definition) is 1. The van der Waals surface area contributed by atoms with Gasteiger partial charge in [0.1, 0.15) is 5.69 Å². The van der Waals surface area contributed by atoms with Gasteiger partial charge in [0.05, 0.1) is 5.02 Å². The van der Waals surface area contributed by atoms with Crippen molar-refractivity contribution in [3.8, 4) is 5.82 Å². The molecule has 5 nitrogen and oxygen atoms in total. The largest absolute Gasteiger partial charge is 0.364 e. The summed E-state index contributed by atoms with van der Waals surface area (Å²) in [5.41, 5.74) is 5.06. The van der Waals surface area contributed by atoms with Crippen LogP contribution < -0.4 is 5.73 Å². The van der Waals surface area contributed by atoms with E-state index in [1.807, 2.05) is 0 Å². The maximum atomic E-state index is 13.4. The molecule has 0 aliphatic rings. The third kappa shape index (κ3) is 1.87. The Morgan fingerprint density at radius 2 is 2.31 bits per heavy atom. The van der Waals surface area contributed by atoms with Crippen LogP contribution in [0.2, 0.25) is 5.02 Å². The minimum absolute atomic E-state index is 0.0381. The second-order valence-electron chi connectivity index (χ2n) is 2.97. The number of primary amides is 1. The lowest BCUT2D eigenvalue weighted by atomic mass is 10.4. The van der Waals surface area contributed by atoms with Gasteiger partial charge in [-0.25, -0.2) is 14.1 Å². The first-order chi connectivity index (χ1) is 7.58. The zero-order chi connectivity index (χ0) is 11.7. The summed E-state index contributed by atoms with van der Waals surface area (Å²) in [5, 5.41) is 3.95. The Balaban J connectivity index is 2.46. The lowest BCUT2D eigenvalue weighted by Gasteiger charge is -2.01. The van der Waals surface area contributed by atoms with Crippen LogP contribution in [-0.4, -0.2) is 20.7 Å². The van der Waals surface area contributed by atoms with Gasteiger partial charge in [0, 0.05) is 12.4 Å². The molecule has 2 rings (SSSR count). The van der Waals surface area contributed by atoms with Gasteiger partial charge in [0.25, 0.3) is 5.91 Å². The molecule has 0 aliphatic carbocycles. The highest BCUT2D eigenvalue weighted by molar-refractivity contribution is 6.30. The third-order valence-corrected chi connectivity index (χ3v) is 2.05. The molecule has 0 fully saturated rings. The highest BCUT2D eigenvalue weighted by Gasteiger charge is 2.10. The fourth-order valence-electron chi connectivity index (χ4n) is 1.15. The molecule has 0 atom stereocenters. The van der Waals surface area contributed by atoms with Crippen molar-refractivity contribution in [3.05, 3.63) is 41.1 Å². The summed E-state index contributed by atoms with van der Waals surface area (Å²) in [6.07, 6.45) is 2.67. The summed E-state index contributed by atoms with van der Waals surface area (Å²) in [4.78, 5) is 14.6. The quantitative estimate of drug-likeness (QED) is 0.856. The Kier molecular flexibility index (Phi) is 2.57. The van der Waals surface area contributed by atoms with E-state index >= 15 is 0 Å². The van der Waals surface area contributed by atoms with Crippen LogP contribution in [0.3, 0.4) is 0 Å². The Morgan fingerprint density at radius 1 is 1.56 bits per heavy atom. The van der Waals surface area contributed by atoms with Gasteiger partial charge in [-0.15, -0.1) is 0 Å². The molecule has 0 unspecified atom stereocenters. The van der Waals surface area contributed by atoms with E-state index in [4.69, 9.17) is 17.3 Å². The monoisotopic (exact) mass is 240 g/mol. The average Bonchev–Trinajstić information content (AvgIpc) is 2.66. The third-order valence-electron chi connectivity index (χ3n) is 1.85. The van der Waals surface area contributed by atoms with Crippen LogP contribution in [0.4, 0.5) is 4.39 Å². The van der Waals surface area contributed by atoms with Crippen molar-refractivity contribution in [3.63, 3.8) is 0 Å². The van der Waals surface area contributed by atoms with Crippen molar-refractivity contribution >= 4 is 17.5 Å². The lowest BCUT2D eigenvalue weighted by Crippen LogP contribution is -2.12. The summed E-state index contributed by atoms with van der Waals surface area (Å²) < 4.78 is 14.5. The number of amides is 1. The van der Waals surface area contributed by atoms with Gasteiger partial charge >= 0.3 is 0 Å². The maximum Gasteiger partial charge on any atom is 0.269 e. The van der Waals surface area contributed by atoms with Crippen molar-refractivity contribution < 1.29 is 9.18 Å². The fraction of sp³-hybridized carbons (Fsp3) is 0. The number of nitrogens with two attached hydrogens (primary N) is 1. The molecule has 0 aromatic carbocycles. The minimum atomic E-state index is -0.687. The van der Waals surface area contributed by atoms with E-state index in [1.54, 1.807) is 0 Å². The van der Waals surface area contributed by atoms with Crippen molar-refractivity contribution in [1.29, 1.82) is 0 Å². The molecule has 0 saturated carbocycles. The van der Waals surface area contributed by atoms with E-state index in [9.17, 15) is 9.18 Å². The number of pyridine rings is 1. The van der Waals surface area contributed by atoms with Crippen molar-refractivity contribution in [2.45, 2.75) is 0 Å². The van der Waals surface area contributed by atoms with Crippen molar-refractivity contribution in [2.75, 3.05) is 0 Å². The van der Waals surface area contributed by atoms with Gasteiger partial charge in [-0.05, 0) is 12.1 Å². The number of halogens is 2. The topological polar surface area (TPSA) is 73.8 Å². The van der Waals surface area contributed by atoms with E-state index in [0.29, 0.717) is 0 Å². The van der Waals surface area contributed by atoms with Gasteiger partial charge in [0.15, 0.2) is 11.6 Å². The number of carbonyl (C=O) groups is 1. The van der Waals surface area contributed by atoms with E-state index < -0.39 is 11.7 Å². The molecule has 0 bridgehead atoms. The Morgan fingerprint density at radius 3 is 2.88 bits per heavy atom. The van der Waals surface area contributed by atoms with E-state index in [1.165, 1.54) is 18.5 Å². The zero-order valence-electron chi connectivity index (χ0n) is 7.89. The molecule has 1 amide bonds. The molecule has 0 spiro atoms. The molecule has 2 N–H and O–H groups in total. The van der Waals surface area contributed by atoms with Gasteiger partial charge in [-0.3, -0.25) is 4.79 Å². The van der Waals surface area contributed by atoms with Gasteiger partial charge < -0.3 is 5.73 Å². The first kappa shape index (κ1) is 10.6. The van der Waals surface area contributed by atoms with Crippen LogP contribution in [0.1, 0.15) is 10.5 Å². The number of carbonyl (C=O) groups excluding carboxylic acids is 1. The van der Waals surface area contributed by atoms with Crippen LogP contribution in [0.25, 0.3) is 5.82 Å². The molecule has 7 heteroatoms. The summed E-state index contributed by atoms with van der Waals surface area (Å²) in [6.45, 7) is 0. The van der Waals surface area contributed by atoms with E-state index in [0.717, 1.165) is 10.7 Å². The van der Waals surface area contributed by atoms with Crippen molar-refractivity contribution in [2.24, 2.45) is 5.73 Å². The average molecular weight is 241 g/mol. The normalized spacial score (nSPS) is 10.4. The number of nitrogens with zero attached hydrogens (tertiary/aromatic N) is 3. The number of rotatable bonds is 2. The lowest BCUT2D eigenvalue weighted by molar-refractivity contribution is 0.0995. The second-order valence-corrected chi connectivity index (χ2v) is 3.41. The smallest absolute Gasteiger partial charge is 0.269 e. The first-order valence-corrected chi connectivity index (χ1v) is 4.62. The fourth-order valence-corrected chi connectivity index (χ4v) is 1.29. The first-order valence-electron chi connectivity index (χ1n) is 4.25. The maximum absolute atomic E-state index is 13.4. The molecule has 2 aromatic heterocycles. The molecular formula is C9H6ClFN4O.